The first-order chi connectivity index (χ1) is 11.3. The van der Waals surface area contributed by atoms with Gasteiger partial charge in [0, 0.05) is 18.7 Å². The standard InChI is InChI=1S/C16H19Cl2N3O2S/c1-9(2)5-6-19-16-21-15(23)13(24-16)8-14(22)20-10-3-4-11(17)12(18)7-10/h3-4,7,9,13H,5-6,8H2,1-2H3,(H,20,22)(H,19,21,23)/t13-/m0/s1. The molecule has 0 bridgehead atoms. The predicted molar refractivity (Wildman–Crippen MR) is 101 cm³/mol. The SMILES string of the molecule is CC(C)CCN=C1NC(=O)[C@H](CC(=O)Nc2ccc(Cl)c(Cl)c2)S1. The van der Waals surface area contributed by atoms with Crippen LogP contribution in [0.15, 0.2) is 23.2 Å². The normalized spacial score (nSPS) is 19.0. The highest BCUT2D eigenvalue weighted by Gasteiger charge is 2.31. The lowest BCUT2D eigenvalue weighted by Crippen LogP contribution is -2.28. The minimum Gasteiger partial charge on any atom is -0.326 e. The predicted octanol–water partition coefficient (Wildman–Crippen LogP) is 3.96. The molecule has 1 aromatic rings. The highest BCUT2D eigenvalue weighted by atomic mass is 35.5. The molecule has 0 saturated carbocycles. The van der Waals surface area contributed by atoms with E-state index in [-0.39, 0.29) is 18.2 Å². The summed E-state index contributed by atoms with van der Waals surface area (Å²) in [6.07, 6.45) is 1.03. The number of benzene rings is 1. The third-order valence-electron chi connectivity index (χ3n) is 3.31. The Morgan fingerprint density at radius 3 is 2.79 bits per heavy atom. The van der Waals surface area contributed by atoms with Gasteiger partial charge in [0.05, 0.1) is 10.0 Å². The second-order valence-corrected chi connectivity index (χ2v) is 7.85. The molecule has 1 aromatic carbocycles. The molecule has 1 heterocycles. The van der Waals surface area contributed by atoms with Crippen molar-refractivity contribution in [3.63, 3.8) is 0 Å². The summed E-state index contributed by atoms with van der Waals surface area (Å²) in [5, 5.41) is 6.34. The molecule has 0 unspecified atom stereocenters. The van der Waals surface area contributed by atoms with Gasteiger partial charge >= 0.3 is 0 Å². The number of carbonyl (C=O) groups is 2. The van der Waals surface area contributed by atoms with Crippen molar-refractivity contribution in [3.8, 4) is 0 Å². The quantitative estimate of drug-likeness (QED) is 0.775. The summed E-state index contributed by atoms with van der Waals surface area (Å²) in [6.45, 7) is 4.91. The van der Waals surface area contributed by atoms with E-state index in [1.54, 1.807) is 18.2 Å². The zero-order valence-electron chi connectivity index (χ0n) is 13.4. The van der Waals surface area contributed by atoms with Crippen LogP contribution in [-0.2, 0) is 9.59 Å². The number of anilines is 1. The van der Waals surface area contributed by atoms with Crippen molar-refractivity contribution in [1.29, 1.82) is 0 Å². The lowest BCUT2D eigenvalue weighted by Gasteiger charge is -2.08. The van der Waals surface area contributed by atoms with Gasteiger partial charge in [0.2, 0.25) is 11.8 Å². The fourth-order valence-corrected chi connectivity index (χ4v) is 3.29. The van der Waals surface area contributed by atoms with Gasteiger partial charge in [-0.25, -0.2) is 0 Å². The Labute approximate surface area is 155 Å². The Hall–Kier alpha value is -1.24. The molecule has 0 aliphatic carbocycles. The number of thioether (sulfide) groups is 1. The Bertz CT molecular complexity index is 665. The maximum atomic E-state index is 12.1. The van der Waals surface area contributed by atoms with Gasteiger partial charge in [-0.3, -0.25) is 14.6 Å². The molecular weight excluding hydrogens is 369 g/mol. The Morgan fingerprint density at radius 1 is 1.38 bits per heavy atom. The number of rotatable bonds is 6. The van der Waals surface area contributed by atoms with Crippen LogP contribution in [0.1, 0.15) is 26.7 Å². The second-order valence-electron chi connectivity index (χ2n) is 5.85. The lowest BCUT2D eigenvalue weighted by atomic mass is 10.1. The molecule has 2 rings (SSSR count). The largest absolute Gasteiger partial charge is 0.326 e. The van der Waals surface area contributed by atoms with Crippen LogP contribution < -0.4 is 10.6 Å². The van der Waals surface area contributed by atoms with Crippen molar-refractivity contribution in [2.24, 2.45) is 10.9 Å². The molecule has 1 fully saturated rings. The van der Waals surface area contributed by atoms with Crippen LogP contribution >= 0.6 is 35.0 Å². The van der Waals surface area contributed by atoms with E-state index in [0.29, 0.717) is 33.4 Å². The first-order valence-electron chi connectivity index (χ1n) is 7.62. The molecule has 0 radical (unpaired) electrons. The summed E-state index contributed by atoms with van der Waals surface area (Å²) < 4.78 is 0. The van der Waals surface area contributed by atoms with Crippen LogP contribution in [0.2, 0.25) is 10.0 Å². The van der Waals surface area contributed by atoms with Crippen molar-refractivity contribution in [3.05, 3.63) is 28.2 Å². The molecule has 1 aliphatic rings. The van der Waals surface area contributed by atoms with E-state index < -0.39 is 5.25 Å². The summed E-state index contributed by atoms with van der Waals surface area (Å²) in [5.74, 6) is 0.112. The Balaban J connectivity index is 1.87. The van der Waals surface area contributed by atoms with Crippen molar-refractivity contribution in [2.75, 3.05) is 11.9 Å². The minimum absolute atomic E-state index is 0.0694. The van der Waals surface area contributed by atoms with E-state index in [0.717, 1.165) is 6.42 Å². The highest BCUT2D eigenvalue weighted by molar-refractivity contribution is 8.15. The number of aliphatic imine (C=N–C) groups is 1. The maximum Gasteiger partial charge on any atom is 0.240 e. The van der Waals surface area contributed by atoms with Gasteiger partial charge < -0.3 is 10.6 Å². The number of nitrogens with one attached hydrogen (secondary N) is 2. The van der Waals surface area contributed by atoms with Crippen LogP contribution in [0.4, 0.5) is 5.69 Å². The topological polar surface area (TPSA) is 70.6 Å². The van der Waals surface area contributed by atoms with E-state index in [1.165, 1.54) is 11.8 Å². The maximum absolute atomic E-state index is 12.1. The fraction of sp³-hybridized carbons (Fsp3) is 0.438. The number of nitrogens with zero attached hydrogens (tertiary/aromatic N) is 1. The summed E-state index contributed by atoms with van der Waals surface area (Å²) >= 11 is 13.0. The van der Waals surface area contributed by atoms with Crippen LogP contribution in [0.3, 0.4) is 0 Å². The molecule has 1 atom stereocenters. The highest BCUT2D eigenvalue weighted by Crippen LogP contribution is 2.26. The average molecular weight is 388 g/mol. The number of carbonyl (C=O) groups excluding carboxylic acids is 2. The second kappa shape index (κ2) is 8.74. The van der Waals surface area contributed by atoms with Gasteiger partial charge in [-0.1, -0.05) is 48.8 Å². The smallest absolute Gasteiger partial charge is 0.240 e. The molecule has 2 amide bonds. The molecule has 130 valence electrons. The zero-order valence-corrected chi connectivity index (χ0v) is 15.8. The number of hydrogen-bond donors (Lipinski definition) is 2. The van der Waals surface area contributed by atoms with Crippen molar-refractivity contribution < 1.29 is 9.59 Å². The minimum atomic E-state index is -0.467. The Kier molecular flexibility index (Phi) is 6.95. The molecular formula is C16H19Cl2N3O2S. The number of amides is 2. The average Bonchev–Trinajstić information content (AvgIpc) is 2.82. The van der Waals surface area contributed by atoms with E-state index in [9.17, 15) is 9.59 Å². The van der Waals surface area contributed by atoms with Gasteiger partial charge in [0.1, 0.15) is 5.25 Å². The van der Waals surface area contributed by atoms with Crippen LogP contribution in [0.5, 0.6) is 0 Å². The molecule has 1 saturated heterocycles. The van der Waals surface area contributed by atoms with Gasteiger partial charge in [-0.2, -0.15) is 0 Å². The van der Waals surface area contributed by atoms with Gasteiger partial charge in [-0.05, 0) is 30.5 Å². The van der Waals surface area contributed by atoms with Crippen LogP contribution in [0.25, 0.3) is 0 Å². The van der Waals surface area contributed by atoms with E-state index in [2.05, 4.69) is 29.5 Å². The fourth-order valence-electron chi connectivity index (χ4n) is 1.99. The number of amidine groups is 1. The molecule has 1 aliphatic heterocycles. The first-order valence-corrected chi connectivity index (χ1v) is 9.25. The first kappa shape index (κ1) is 19.1. The van der Waals surface area contributed by atoms with E-state index in [4.69, 9.17) is 23.2 Å². The number of halogens is 2. The van der Waals surface area contributed by atoms with Crippen LogP contribution in [0, 0.1) is 5.92 Å². The molecule has 5 nitrogen and oxygen atoms in total. The molecule has 8 heteroatoms. The summed E-state index contributed by atoms with van der Waals surface area (Å²) in [7, 11) is 0. The van der Waals surface area contributed by atoms with E-state index in [1.807, 2.05) is 0 Å². The lowest BCUT2D eigenvalue weighted by molar-refractivity contribution is -0.122. The summed E-state index contributed by atoms with van der Waals surface area (Å²) in [5.41, 5.74) is 0.545. The van der Waals surface area contributed by atoms with Crippen molar-refractivity contribution in [1.82, 2.24) is 5.32 Å². The van der Waals surface area contributed by atoms with Gasteiger partial charge in [-0.15, -0.1) is 0 Å². The molecule has 24 heavy (non-hydrogen) atoms. The van der Waals surface area contributed by atoms with Crippen molar-refractivity contribution in [2.45, 2.75) is 31.9 Å². The third kappa shape index (κ3) is 5.69. The monoisotopic (exact) mass is 387 g/mol. The van der Waals surface area contributed by atoms with E-state index >= 15 is 0 Å². The molecule has 2 N–H and O–H groups in total. The van der Waals surface area contributed by atoms with Crippen LogP contribution in [-0.4, -0.2) is 28.8 Å². The molecule has 0 spiro atoms. The van der Waals surface area contributed by atoms with Gasteiger partial charge in [0.25, 0.3) is 0 Å². The third-order valence-corrected chi connectivity index (χ3v) is 5.17. The summed E-state index contributed by atoms with van der Waals surface area (Å²) in [4.78, 5) is 28.4. The van der Waals surface area contributed by atoms with Gasteiger partial charge in [0.15, 0.2) is 5.17 Å². The number of hydrogen-bond acceptors (Lipinski definition) is 4. The molecule has 0 aromatic heterocycles. The summed E-state index contributed by atoms with van der Waals surface area (Å²) in [6, 6.07) is 4.84. The van der Waals surface area contributed by atoms with Crippen molar-refractivity contribution >= 4 is 57.6 Å². The Morgan fingerprint density at radius 2 is 2.12 bits per heavy atom. The zero-order chi connectivity index (χ0) is 17.7.